The van der Waals surface area contributed by atoms with Gasteiger partial charge in [0.05, 0.1) is 32.3 Å². The molecule has 5 heteroatoms. The van der Waals surface area contributed by atoms with Crippen LogP contribution < -0.4 is 15.2 Å². The maximum Gasteiger partial charge on any atom is 0.141 e. The Kier molecular flexibility index (Phi) is 3.09. The lowest BCUT2D eigenvalue weighted by Crippen LogP contribution is -1.95. The molecule has 0 saturated carbocycles. The number of benzene rings is 1. The summed E-state index contributed by atoms with van der Waals surface area (Å²) < 4.78 is 10.4. The topological polar surface area (TPSA) is 70.3 Å². The van der Waals surface area contributed by atoms with Crippen LogP contribution in [0.15, 0.2) is 30.6 Å². The third-order valence-electron chi connectivity index (χ3n) is 2.35. The maximum absolute atomic E-state index is 5.50. The lowest BCUT2D eigenvalue weighted by Gasteiger charge is -2.09. The van der Waals surface area contributed by atoms with E-state index in [9.17, 15) is 0 Å². The van der Waals surface area contributed by atoms with Gasteiger partial charge in [0, 0.05) is 5.56 Å². The summed E-state index contributed by atoms with van der Waals surface area (Å²) in [5, 5.41) is 0. The van der Waals surface area contributed by atoms with Gasteiger partial charge in [-0.25, -0.2) is 4.98 Å². The second-order valence-corrected chi connectivity index (χ2v) is 3.39. The second kappa shape index (κ2) is 4.69. The summed E-state index contributed by atoms with van der Waals surface area (Å²) in [4.78, 5) is 8.21. The molecule has 0 atom stereocenters. The van der Waals surface area contributed by atoms with Gasteiger partial charge in [-0.05, 0) is 18.2 Å². The molecule has 88 valence electrons. The van der Waals surface area contributed by atoms with E-state index in [1.54, 1.807) is 20.4 Å². The van der Waals surface area contributed by atoms with Gasteiger partial charge in [0.15, 0.2) is 0 Å². The summed E-state index contributed by atoms with van der Waals surface area (Å²) in [6.45, 7) is 0. The fourth-order valence-electron chi connectivity index (χ4n) is 1.49. The average molecular weight is 231 g/mol. The number of hydrogen-bond acceptors (Lipinski definition) is 5. The van der Waals surface area contributed by atoms with Gasteiger partial charge in [0.25, 0.3) is 0 Å². The van der Waals surface area contributed by atoms with Crippen molar-refractivity contribution < 1.29 is 9.47 Å². The Balaban J connectivity index is 2.51. The van der Waals surface area contributed by atoms with Crippen molar-refractivity contribution >= 4 is 5.82 Å². The van der Waals surface area contributed by atoms with Crippen LogP contribution in [0, 0.1) is 0 Å². The molecule has 2 aromatic rings. The van der Waals surface area contributed by atoms with Crippen LogP contribution in [0.25, 0.3) is 11.3 Å². The first-order valence-corrected chi connectivity index (χ1v) is 5.04. The zero-order valence-corrected chi connectivity index (χ0v) is 9.68. The largest absolute Gasteiger partial charge is 0.497 e. The summed E-state index contributed by atoms with van der Waals surface area (Å²) in [5.74, 6) is 1.83. The Hall–Kier alpha value is -2.30. The Labute approximate surface area is 99.2 Å². The number of rotatable bonds is 3. The van der Waals surface area contributed by atoms with Gasteiger partial charge in [-0.2, -0.15) is 0 Å². The minimum absolute atomic E-state index is 0.385. The van der Waals surface area contributed by atoms with Crippen LogP contribution in [0.1, 0.15) is 0 Å². The highest BCUT2D eigenvalue weighted by atomic mass is 16.5. The van der Waals surface area contributed by atoms with Crippen molar-refractivity contribution in [3.05, 3.63) is 30.6 Å². The zero-order chi connectivity index (χ0) is 12.3. The molecule has 1 heterocycles. The first-order valence-electron chi connectivity index (χ1n) is 5.04. The second-order valence-electron chi connectivity index (χ2n) is 3.39. The number of nitrogens with zero attached hydrogens (tertiary/aromatic N) is 2. The van der Waals surface area contributed by atoms with Crippen molar-refractivity contribution in [3.63, 3.8) is 0 Å². The number of ether oxygens (including phenoxy) is 2. The highest BCUT2D eigenvalue weighted by molar-refractivity contribution is 5.68. The SMILES string of the molecule is COc1ccc(OC)c(-c2cnc(N)cn2)c1. The Bertz CT molecular complexity index is 512. The summed E-state index contributed by atoms with van der Waals surface area (Å²) in [5.41, 5.74) is 7.01. The van der Waals surface area contributed by atoms with Crippen LogP contribution in [0.3, 0.4) is 0 Å². The molecule has 2 N–H and O–H groups in total. The number of anilines is 1. The van der Waals surface area contributed by atoms with Gasteiger partial charge in [-0.3, -0.25) is 4.98 Å². The fourth-order valence-corrected chi connectivity index (χ4v) is 1.49. The number of aromatic nitrogens is 2. The van der Waals surface area contributed by atoms with Crippen LogP contribution in [-0.4, -0.2) is 24.2 Å². The van der Waals surface area contributed by atoms with E-state index in [-0.39, 0.29) is 0 Å². The fraction of sp³-hybridized carbons (Fsp3) is 0.167. The lowest BCUT2D eigenvalue weighted by molar-refractivity contribution is 0.404. The highest BCUT2D eigenvalue weighted by Crippen LogP contribution is 2.31. The van der Waals surface area contributed by atoms with E-state index in [1.165, 1.54) is 6.20 Å². The molecular formula is C12H13N3O2. The van der Waals surface area contributed by atoms with Crippen molar-refractivity contribution in [2.45, 2.75) is 0 Å². The standard InChI is InChI=1S/C12H13N3O2/c1-16-8-3-4-11(17-2)9(5-8)10-6-15-12(13)7-14-10/h3-7H,1-2H3,(H2,13,15). The predicted octanol–water partition coefficient (Wildman–Crippen LogP) is 1.74. The third kappa shape index (κ3) is 2.28. The van der Waals surface area contributed by atoms with E-state index in [1.807, 2.05) is 18.2 Å². The minimum Gasteiger partial charge on any atom is -0.497 e. The molecular weight excluding hydrogens is 218 g/mol. The number of methoxy groups -OCH3 is 2. The van der Waals surface area contributed by atoms with Crippen LogP contribution >= 0.6 is 0 Å². The van der Waals surface area contributed by atoms with Crippen molar-refractivity contribution in [1.29, 1.82) is 0 Å². The molecule has 0 amide bonds. The molecule has 0 aliphatic carbocycles. The molecule has 0 fully saturated rings. The number of nitrogen functional groups attached to an aromatic ring is 1. The van der Waals surface area contributed by atoms with Gasteiger partial charge in [0.1, 0.15) is 17.3 Å². The molecule has 1 aromatic carbocycles. The number of nitrogens with two attached hydrogens (primary N) is 1. The quantitative estimate of drug-likeness (QED) is 0.871. The molecule has 17 heavy (non-hydrogen) atoms. The highest BCUT2D eigenvalue weighted by Gasteiger charge is 2.09. The Morgan fingerprint density at radius 2 is 1.88 bits per heavy atom. The molecule has 1 aromatic heterocycles. The van der Waals surface area contributed by atoms with Crippen LogP contribution in [0.4, 0.5) is 5.82 Å². The Morgan fingerprint density at radius 3 is 2.47 bits per heavy atom. The average Bonchev–Trinajstić information content (AvgIpc) is 2.39. The van der Waals surface area contributed by atoms with Crippen LogP contribution in [0.5, 0.6) is 11.5 Å². The van der Waals surface area contributed by atoms with Crippen LogP contribution in [-0.2, 0) is 0 Å². The maximum atomic E-state index is 5.50. The van der Waals surface area contributed by atoms with Crippen molar-refractivity contribution in [2.75, 3.05) is 20.0 Å². The van der Waals surface area contributed by atoms with Crippen molar-refractivity contribution in [2.24, 2.45) is 0 Å². The summed E-state index contributed by atoms with van der Waals surface area (Å²) in [6, 6.07) is 5.50. The van der Waals surface area contributed by atoms with E-state index >= 15 is 0 Å². The molecule has 0 unspecified atom stereocenters. The molecule has 0 aliphatic heterocycles. The molecule has 2 rings (SSSR count). The van der Waals surface area contributed by atoms with Gasteiger partial charge in [-0.15, -0.1) is 0 Å². The van der Waals surface area contributed by atoms with Gasteiger partial charge < -0.3 is 15.2 Å². The molecule has 0 spiro atoms. The minimum atomic E-state index is 0.385. The third-order valence-corrected chi connectivity index (χ3v) is 2.35. The van der Waals surface area contributed by atoms with E-state index in [0.29, 0.717) is 17.3 Å². The van der Waals surface area contributed by atoms with Crippen LogP contribution in [0.2, 0.25) is 0 Å². The lowest BCUT2D eigenvalue weighted by atomic mass is 10.1. The molecule has 0 radical (unpaired) electrons. The first kappa shape index (κ1) is 11.2. The zero-order valence-electron chi connectivity index (χ0n) is 9.68. The van der Waals surface area contributed by atoms with E-state index in [0.717, 1.165) is 11.3 Å². The first-order chi connectivity index (χ1) is 8.24. The Morgan fingerprint density at radius 1 is 1.06 bits per heavy atom. The van der Waals surface area contributed by atoms with E-state index < -0.39 is 0 Å². The predicted molar refractivity (Wildman–Crippen MR) is 65.0 cm³/mol. The van der Waals surface area contributed by atoms with Gasteiger partial charge in [0.2, 0.25) is 0 Å². The summed E-state index contributed by atoms with van der Waals surface area (Å²) in [6.07, 6.45) is 3.11. The van der Waals surface area contributed by atoms with Gasteiger partial charge in [-0.1, -0.05) is 0 Å². The molecule has 0 saturated heterocycles. The van der Waals surface area contributed by atoms with E-state index in [2.05, 4.69) is 9.97 Å². The van der Waals surface area contributed by atoms with E-state index in [4.69, 9.17) is 15.2 Å². The molecule has 5 nitrogen and oxygen atoms in total. The number of hydrogen-bond donors (Lipinski definition) is 1. The smallest absolute Gasteiger partial charge is 0.141 e. The summed E-state index contributed by atoms with van der Waals surface area (Å²) in [7, 11) is 3.22. The monoisotopic (exact) mass is 231 g/mol. The van der Waals surface area contributed by atoms with Crippen molar-refractivity contribution in [1.82, 2.24) is 9.97 Å². The molecule has 0 aliphatic rings. The summed E-state index contributed by atoms with van der Waals surface area (Å²) >= 11 is 0. The van der Waals surface area contributed by atoms with Crippen molar-refractivity contribution in [3.8, 4) is 22.8 Å². The molecule has 0 bridgehead atoms. The normalized spacial score (nSPS) is 10.0. The van der Waals surface area contributed by atoms with Gasteiger partial charge >= 0.3 is 0 Å².